The summed E-state index contributed by atoms with van der Waals surface area (Å²) in [5, 5.41) is 12.0. The number of halogens is 2. The minimum absolute atomic E-state index is 0.244. The highest BCUT2D eigenvalue weighted by Crippen LogP contribution is 2.41. The lowest BCUT2D eigenvalue weighted by Crippen LogP contribution is -2.58. The fourth-order valence-electron chi connectivity index (χ4n) is 6.63. The molecule has 6 aromatic rings. The van der Waals surface area contributed by atoms with E-state index in [0.29, 0.717) is 37.0 Å². The first kappa shape index (κ1) is 38.6. The lowest BCUT2D eigenvalue weighted by atomic mass is 9.89. The number of aliphatic hydroxyl groups is 1. The Bertz CT molecular complexity index is 2020. The predicted octanol–water partition coefficient (Wildman–Crippen LogP) is 10.7. The molecular formula is C45H42BrClO6S. The molecule has 0 amide bonds. The molecule has 0 radical (unpaired) electrons. The summed E-state index contributed by atoms with van der Waals surface area (Å²) in [5.41, 5.74) is 5.51. The normalized spacial score (nSPS) is 20.5. The van der Waals surface area contributed by atoms with E-state index in [-0.39, 0.29) is 6.61 Å². The molecule has 6 nitrogen and oxygen atoms in total. The predicted molar refractivity (Wildman–Crippen MR) is 216 cm³/mol. The zero-order chi connectivity index (χ0) is 37.1. The van der Waals surface area contributed by atoms with Gasteiger partial charge in [-0.25, -0.2) is 0 Å². The molecule has 9 heteroatoms. The zero-order valence-electron chi connectivity index (χ0n) is 29.6. The fourth-order valence-corrected chi connectivity index (χ4v) is 8.28. The first-order chi connectivity index (χ1) is 26.5. The first-order valence-corrected chi connectivity index (χ1v) is 20.0. The zero-order valence-corrected chi connectivity index (χ0v) is 32.7. The van der Waals surface area contributed by atoms with Crippen molar-refractivity contribution in [2.45, 2.75) is 63.1 Å². The van der Waals surface area contributed by atoms with Crippen LogP contribution in [0, 0.1) is 0 Å². The highest BCUT2D eigenvalue weighted by Gasteiger charge is 2.49. The lowest BCUT2D eigenvalue weighted by molar-refractivity contribution is -0.275. The van der Waals surface area contributed by atoms with Crippen molar-refractivity contribution in [2.75, 3.05) is 6.61 Å². The second-order valence-corrected chi connectivity index (χ2v) is 16.1. The van der Waals surface area contributed by atoms with Gasteiger partial charge in [-0.3, -0.25) is 0 Å². The number of hydrogen-bond acceptors (Lipinski definition) is 7. The van der Waals surface area contributed by atoms with Gasteiger partial charge in [0, 0.05) is 15.5 Å². The van der Waals surface area contributed by atoms with Gasteiger partial charge < -0.3 is 28.8 Å². The molecule has 1 fully saturated rings. The van der Waals surface area contributed by atoms with E-state index in [1.54, 1.807) is 0 Å². The van der Waals surface area contributed by atoms with Gasteiger partial charge in [0.15, 0.2) is 0 Å². The van der Waals surface area contributed by atoms with Crippen molar-refractivity contribution in [1.82, 2.24) is 0 Å². The third kappa shape index (κ3) is 10.1. The summed E-state index contributed by atoms with van der Waals surface area (Å²) in [7, 11) is 0. The second-order valence-electron chi connectivity index (χ2n) is 13.2. The van der Waals surface area contributed by atoms with Crippen LogP contribution in [0.2, 0.25) is 5.02 Å². The average molecular weight is 826 g/mol. The van der Waals surface area contributed by atoms with Crippen LogP contribution < -0.4 is 0 Å². The Kier molecular flexibility index (Phi) is 13.8. The van der Waals surface area contributed by atoms with E-state index in [0.717, 1.165) is 36.5 Å². The van der Waals surface area contributed by atoms with Crippen molar-refractivity contribution < 1.29 is 28.8 Å². The second kappa shape index (κ2) is 19.3. The molecule has 7 rings (SSSR count). The molecule has 2 unspecified atom stereocenters. The van der Waals surface area contributed by atoms with Crippen LogP contribution in [0.4, 0.5) is 0 Å². The van der Waals surface area contributed by atoms with Gasteiger partial charge in [0.1, 0.15) is 36.6 Å². The molecule has 6 atom stereocenters. The van der Waals surface area contributed by atoms with Crippen molar-refractivity contribution in [2.24, 2.45) is 0 Å². The largest absolute Gasteiger partial charge is 0.383 e. The van der Waals surface area contributed by atoms with Gasteiger partial charge in [0.25, 0.3) is 0 Å². The molecule has 1 N–H and O–H groups in total. The SMILES string of the molecule is OC(c1ccc(Br)s1)c1cc(C2O[C@H](COCc3ccccc3)[C@@H](OCc3ccccc3)[C@H](OCc3ccccc3)[C@H]2OCc2ccccc2)ccc1Cl. The fraction of sp³-hybridized carbons (Fsp3) is 0.244. The van der Waals surface area contributed by atoms with Crippen LogP contribution in [0.25, 0.3) is 0 Å². The molecule has 1 saturated heterocycles. The quantitative estimate of drug-likeness (QED) is 0.105. The van der Waals surface area contributed by atoms with Crippen LogP contribution in [-0.4, -0.2) is 36.1 Å². The van der Waals surface area contributed by atoms with Gasteiger partial charge in [-0.15, -0.1) is 11.3 Å². The van der Waals surface area contributed by atoms with Crippen molar-refractivity contribution in [3.8, 4) is 0 Å². The number of aliphatic hydroxyl groups excluding tert-OH is 1. The molecule has 0 saturated carbocycles. The van der Waals surface area contributed by atoms with E-state index in [1.165, 1.54) is 11.3 Å². The van der Waals surface area contributed by atoms with E-state index in [9.17, 15) is 5.11 Å². The monoisotopic (exact) mass is 824 g/mol. The van der Waals surface area contributed by atoms with Crippen LogP contribution in [0.3, 0.4) is 0 Å². The highest BCUT2D eigenvalue weighted by molar-refractivity contribution is 9.11. The third-order valence-corrected chi connectivity index (χ3v) is 11.4. The van der Waals surface area contributed by atoms with E-state index >= 15 is 0 Å². The van der Waals surface area contributed by atoms with Crippen LogP contribution in [0.5, 0.6) is 0 Å². The summed E-state index contributed by atoms with van der Waals surface area (Å²) in [6.07, 6.45) is -3.88. The maximum absolute atomic E-state index is 11.6. The number of hydrogen-bond donors (Lipinski definition) is 1. The summed E-state index contributed by atoms with van der Waals surface area (Å²) in [5.74, 6) is 0. The molecule has 5 aromatic carbocycles. The van der Waals surface area contributed by atoms with Gasteiger partial charge in [-0.05, 0) is 68.0 Å². The Morgan fingerprint density at radius 3 is 1.63 bits per heavy atom. The van der Waals surface area contributed by atoms with Gasteiger partial charge in [0.2, 0.25) is 0 Å². The van der Waals surface area contributed by atoms with Crippen molar-refractivity contribution >= 4 is 38.9 Å². The molecule has 0 spiro atoms. The summed E-state index contributed by atoms with van der Waals surface area (Å²) in [4.78, 5) is 0.771. The molecule has 1 aromatic heterocycles. The van der Waals surface area contributed by atoms with Gasteiger partial charge in [-0.2, -0.15) is 0 Å². The Morgan fingerprint density at radius 2 is 1.11 bits per heavy atom. The average Bonchev–Trinajstić information content (AvgIpc) is 3.66. The lowest BCUT2D eigenvalue weighted by Gasteiger charge is -2.46. The third-order valence-electron chi connectivity index (χ3n) is 9.39. The van der Waals surface area contributed by atoms with Gasteiger partial charge in [0.05, 0.1) is 36.8 Å². The summed E-state index contributed by atoms with van der Waals surface area (Å²) < 4.78 is 35.0. The van der Waals surface area contributed by atoms with Gasteiger partial charge >= 0.3 is 0 Å². The highest BCUT2D eigenvalue weighted by atomic mass is 79.9. The smallest absolute Gasteiger partial charge is 0.117 e. The molecule has 2 heterocycles. The van der Waals surface area contributed by atoms with Crippen molar-refractivity contribution in [3.63, 3.8) is 0 Å². The maximum atomic E-state index is 11.6. The number of benzene rings is 5. The Morgan fingerprint density at radius 1 is 0.611 bits per heavy atom. The van der Waals surface area contributed by atoms with Crippen LogP contribution in [0.15, 0.2) is 155 Å². The number of rotatable bonds is 16. The van der Waals surface area contributed by atoms with Gasteiger partial charge in [-0.1, -0.05) is 139 Å². The number of ether oxygens (including phenoxy) is 5. The molecule has 1 aliphatic heterocycles. The molecule has 0 bridgehead atoms. The first-order valence-electron chi connectivity index (χ1n) is 18.0. The molecule has 278 valence electrons. The minimum atomic E-state index is -0.932. The summed E-state index contributed by atoms with van der Waals surface area (Å²) in [6.45, 7) is 1.66. The van der Waals surface area contributed by atoms with E-state index in [1.807, 2.05) is 152 Å². The van der Waals surface area contributed by atoms with Crippen LogP contribution >= 0.6 is 38.9 Å². The summed E-state index contributed by atoms with van der Waals surface area (Å²) in [6, 6.07) is 49.8. The molecular weight excluding hydrogens is 784 g/mol. The van der Waals surface area contributed by atoms with Crippen molar-refractivity contribution in [1.29, 1.82) is 0 Å². The number of thiophene rings is 1. The standard InChI is InChI=1S/C45H42BrClO6S/c46-40-24-23-39(54-40)41(48)36-25-35(21-22-37(36)47)42-44(51-28-33-17-9-3-10-18-33)45(52-29-34-19-11-4-12-20-34)43(50-27-32-15-7-2-8-16-32)38(53-42)30-49-26-31-13-5-1-6-14-31/h1-25,38,41-45,48H,26-30H2/t38-,41?,42?,43-,44+,45+/m1/s1. The summed E-state index contributed by atoms with van der Waals surface area (Å²) >= 11 is 11.8. The Balaban J connectivity index is 1.27. The molecule has 54 heavy (non-hydrogen) atoms. The van der Waals surface area contributed by atoms with Crippen LogP contribution in [0.1, 0.15) is 50.5 Å². The van der Waals surface area contributed by atoms with E-state index in [4.69, 9.17) is 35.3 Å². The van der Waals surface area contributed by atoms with Crippen molar-refractivity contribution in [3.05, 3.63) is 199 Å². The topological polar surface area (TPSA) is 66.4 Å². The Labute approximate surface area is 334 Å². The van der Waals surface area contributed by atoms with E-state index < -0.39 is 36.6 Å². The molecule has 0 aliphatic carbocycles. The van der Waals surface area contributed by atoms with Crippen LogP contribution in [-0.2, 0) is 50.1 Å². The van der Waals surface area contributed by atoms with E-state index in [2.05, 4.69) is 15.9 Å². The molecule has 1 aliphatic rings. The Hall–Kier alpha value is -3.67. The minimum Gasteiger partial charge on any atom is -0.383 e. The maximum Gasteiger partial charge on any atom is 0.117 e.